The van der Waals surface area contributed by atoms with Crippen molar-refractivity contribution in [3.63, 3.8) is 0 Å². The van der Waals surface area contributed by atoms with Crippen LogP contribution in [0.3, 0.4) is 0 Å². The Morgan fingerprint density at radius 1 is 1.58 bits per heavy atom. The van der Waals surface area contributed by atoms with Crippen molar-refractivity contribution in [3.05, 3.63) is 0 Å². The molecule has 2 heterocycles. The first-order chi connectivity index (χ1) is 9.08. The predicted octanol–water partition coefficient (Wildman–Crippen LogP) is 2.38. The Morgan fingerprint density at radius 3 is 3.00 bits per heavy atom. The van der Waals surface area contributed by atoms with Crippen LogP contribution in [-0.4, -0.2) is 37.3 Å². The first-order valence-corrected chi connectivity index (χ1v) is 7.56. The Labute approximate surface area is 118 Å². The number of ether oxygens (including phenoxy) is 2. The van der Waals surface area contributed by atoms with E-state index in [4.69, 9.17) is 15.2 Å². The van der Waals surface area contributed by atoms with Crippen LogP contribution >= 0.6 is 11.5 Å². The summed E-state index contributed by atoms with van der Waals surface area (Å²) in [6.45, 7) is 6.69. The van der Waals surface area contributed by atoms with Crippen molar-refractivity contribution in [3.8, 4) is 5.75 Å². The second-order valence-corrected chi connectivity index (χ2v) is 6.08. The van der Waals surface area contributed by atoms with Crippen LogP contribution in [0.5, 0.6) is 5.75 Å². The molecule has 1 aromatic rings. The third-order valence-corrected chi connectivity index (χ3v) is 4.10. The van der Waals surface area contributed by atoms with Crippen LogP contribution in [0.25, 0.3) is 0 Å². The van der Waals surface area contributed by atoms with E-state index >= 15 is 0 Å². The molecular formula is C13H23N3O2S. The Bertz CT molecular complexity index is 403. The Kier molecular flexibility index (Phi) is 4.87. The van der Waals surface area contributed by atoms with Crippen molar-refractivity contribution in [1.29, 1.82) is 0 Å². The molecule has 0 aliphatic carbocycles. The van der Waals surface area contributed by atoms with Gasteiger partial charge in [0.2, 0.25) is 0 Å². The van der Waals surface area contributed by atoms with Crippen molar-refractivity contribution in [1.82, 2.24) is 4.37 Å². The third kappa shape index (κ3) is 3.73. The average Bonchev–Trinajstić information content (AvgIpc) is 2.72. The van der Waals surface area contributed by atoms with Gasteiger partial charge in [-0.1, -0.05) is 0 Å². The van der Waals surface area contributed by atoms with Crippen molar-refractivity contribution in [2.75, 3.05) is 37.4 Å². The third-order valence-electron chi connectivity index (χ3n) is 3.14. The second-order valence-electron chi connectivity index (χ2n) is 5.33. The molecule has 1 aliphatic heterocycles. The van der Waals surface area contributed by atoms with E-state index in [2.05, 4.69) is 16.3 Å². The van der Waals surface area contributed by atoms with Crippen LogP contribution in [0, 0.1) is 5.92 Å². The van der Waals surface area contributed by atoms with Gasteiger partial charge in [0, 0.05) is 20.2 Å². The minimum Gasteiger partial charge on any atom is -0.484 e. The van der Waals surface area contributed by atoms with Crippen LogP contribution in [-0.2, 0) is 4.74 Å². The van der Waals surface area contributed by atoms with Crippen LogP contribution in [0.15, 0.2) is 0 Å². The molecule has 1 aromatic heterocycles. The summed E-state index contributed by atoms with van der Waals surface area (Å²) in [5.41, 5.74) is 5.88. The van der Waals surface area contributed by atoms with Gasteiger partial charge in [-0.05, 0) is 44.1 Å². The van der Waals surface area contributed by atoms with Gasteiger partial charge in [-0.25, -0.2) is 0 Å². The van der Waals surface area contributed by atoms with E-state index < -0.39 is 0 Å². The highest BCUT2D eigenvalue weighted by Gasteiger charge is 2.22. The molecule has 1 atom stereocenters. The maximum Gasteiger partial charge on any atom is 0.198 e. The molecule has 2 N–H and O–H groups in total. The average molecular weight is 285 g/mol. The van der Waals surface area contributed by atoms with Crippen molar-refractivity contribution >= 4 is 22.4 Å². The van der Waals surface area contributed by atoms with Gasteiger partial charge in [0.25, 0.3) is 0 Å². The smallest absolute Gasteiger partial charge is 0.198 e. The molecule has 0 aromatic carbocycles. The standard InChI is InChI=1S/C13H23N3O2S/c1-9(2)18-11-12(14)15-19-13(11)16(3)7-10-5-4-6-17-8-10/h9-10H,4-8H2,1-3H3,(H2,14,15). The molecule has 1 saturated heterocycles. The van der Waals surface area contributed by atoms with Gasteiger partial charge in [0.1, 0.15) is 0 Å². The molecule has 19 heavy (non-hydrogen) atoms. The highest BCUT2D eigenvalue weighted by molar-refractivity contribution is 7.11. The molecule has 1 unspecified atom stereocenters. The first kappa shape index (κ1) is 14.4. The number of nitrogen functional groups attached to an aromatic ring is 1. The predicted molar refractivity (Wildman–Crippen MR) is 79.1 cm³/mol. The quantitative estimate of drug-likeness (QED) is 0.900. The lowest BCUT2D eigenvalue weighted by molar-refractivity contribution is 0.0576. The van der Waals surface area contributed by atoms with E-state index in [-0.39, 0.29) is 6.10 Å². The summed E-state index contributed by atoms with van der Waals surface area (Å²) in [6.07, 6.45) is 2.47. The van der Waals surface area contributed by atoms with Crippen LogP contribution in [0.1, 0.15) is 26.7 Å². The molecule has 0 amide bonds. The largest absolute Gasteiger partial charge is 0.484 e. The van der Waals surface area contributed by atoms with Crippen LogP contribution < -0.4 is 15.4 Å². The molecule has 0 saturated carbocycles. The SMILES string of the molecule is CC(C)Oc1c(N)nsc1N(C)CC1CCCOC1. The molecule has 0 bridgehead atoms. The van der Waals surface area contributed by atoms with E-state index in [0.717, 1.165) is 36.9 Å². The zero-order valence-corrected chi connectivity index (χ0v) is 12.7. The Morgan fingerprint density at radius 2 is 2.37 bits per heavy atom. The molecule has 1 fully saturated rings. The number of anilines is 2. The fourth-order valence-electron chi connectivity index (χ4n) is 2.30. The van der Waals surface area contributed by atoms with E-state index in [0.29, 0.717) is 11.7 Å². The Hall–Kier alpha value is -1.01. The molecule has 108 valence electrons. The summed E-state index contributed by atoms with van der Waals surface area (Å²) in [4.78, 5) is 2.19. The fourth-order valence-corrected chi connectivity index (χ4v) is 3.01. The monoisotopic (exact) mass is 285 g/mol. The van der Waals surface area contributed by atoms with Crippen LogP contribution in [0.4, 0.5) is 10.8 Å². The number of nitrogens with zero attached hydrogens (tertiary/aromatic N) is 2. The Balaban J connectivity index is 2.03. The number of rotatable bonds is 5. The zero-order valence-electron chi connectivity index (χ0n) is 11.9. The fraction of sp³-hybridized carbons (Fsp3) is 0.769. The van der Waals surface area contributed by atoms with Gasteiger partial charge in [-0.15, -0.1) is 0 Å². The van der Waals surface area contributed by atoms with Crippen molar-refractivity contribution < 1.29 is 9.47 Å². The molecule has 6 heteroatoms. The summed E-state index contributed by atoms with van der Waals surface area (Å²) >= 11 is 1.40. The summed E-state index contributed by atoms with van der Waals surface area (Å²) in [5, 5.41) is 1.01. The van der Waals surface area contributed by atoms with E-state index in [1.165, 1.54) is 18.0 Å². The van der Waals surface area contributed by atoms with Gasteiger partial charge in [-0.3, -0.25) is 0 Å². The van der Waals surface area contributed by atoms with Crippen molar-refractivity contribution in [2.24, 2.45) is 5.92 Å². The minimum absolute atomic E-state index is 0.101. The lowest BCUT2D eigenvalue weighted by atomic mass is 10.0. The highest BCUT2D eigenvalue weighted by Crippen LogP contribution is 2.38. The highest BCUT2D eigenvalue weighted by atomic mass is 32.1. The summed E-state index contributed by atoms with van der Waals surface area (Å²) in [7, 11) is 2.06. The van der Waals surface area contributed by atoms with Gasteiger partial charge >= 0.3 is 0 Å². The molecule has 2 rings (SSSR count). The molecule has 0 spiro atoms. The van der Waals surface area contributed by atoms with Crippen molar-refractivity contribution in [2.45, 2.75) is 32.8 Å². The molecule has 1 aliphatic rings. The maximum atomic E-state index is 5.88. The van der Waals surface area contributed by atoms with Crippen LogP contribution in [0.2, 0.25) is 0 Å². The minimum atomic E-state index is 0.101. The summed E-state index contributed by atoms with van der Waals surface area (Å²) in [6, 6.07) is 0. The maximum absolute atomic E-state index is 5.88. The first-order valence-electron chi connectivity index (χ1n) is 6.78. The van der Waals surface area contributed by atoms with Gasteiger partial charge in [-0.2, -0.15) is 4.37 Å². The lowest BCUT2D eigenvalue weighted by Gasteiger charge is -2.28. The molecular weight excluding hydrogens is 262 g/mol. The molecule has 5 nitrogen and oxygen atoms in total. The van der Waals surface area contributed by atoms with Gasteiger partial charge < -0.3 is 20.1 Å². The number of hydrogen-bond donors (Lipinski definition) is 1. The molecule has 0 radical (unpaired) electrons. The van der Waals surface area contributed by atoms with E-state index in [9.17, 15) is 0 Å². The number of aromatic nitrogens is 1. The second kappa shape index (κ2) is 6.43. The lowest BCUT2D eigenvalue weighted by Crippen LogP contribution is -2.30. The topological polar surface area (TPSA) is 60.6 Å². The number of nitrogens with two attached hydrogens (primary N) is 1. The van der Waals surface area contributed by atoms with E-state index in [1.54, 1.807) is 0 Å². The summed E-state index contributed by atoms with van der Waals surface area (Å²) in [5.74, 6) is 1.79. The zero-order chi connectivity index (χ0) is 13.8. The normalized spacial score (nSPS) is 19.7. The van der Waals surface area contributed by atoms with Gasteiger partial charge in [0.15, 0.2) is 16.6 Å². The summed E-state index contributed by atoms with van der Waals surface area (Å²) < 4.78 is 15.5. The van der Waals surface area contributed by atoms with E-state index in [1.807, 2.05) is 13.8 Å². The van der Waals surface area contributed by atoms with Gasteiger partial charge in [0.05, 0.1) is 12.7 Å². The number of hydrogen-bond acceptors (Lipinski definition) is 6.